The monoisotopic (exact) mass is 313 g/mol. The van der Waals surface area contributed by atoms with E-state index in [1.165, 1.54) is 17.8 Å². The minimum atomic E-state index is -0.372. The fourth-order valence-electron chi connectivity index (χ4n) is 2.11. The van der Waals surface area contributed by atoms with Gasteiger partial charge >= 0.3 is 5.97 Å². The van der Waals surface area contributed by atoms with Gasteiger partial charge in [-0.15, -0.1) is 23.1 Å². The number of hydrogen-bond acceptors (Lipinski definition) is 5. The van der Waals surface area contributed by atoms with Crippen LogP contribution in [0.25, 0.3) is 0 Å². The van der Waals surface area contributed by atoms with Crippen molar-refractivity contribution in [3.8, 4) is 0 Å². The van der Waals surface area contributed by atoms with E-state index in [4.69, 9.17) is 4.74 Å². The number of carbonyl (C=O) groups is 2. The summed E-state index contributed by atoms with van der Waals surface area (Å²) in [5.74, 6) is 0.664. The summed E-state index contributed by atoms with van der Waals surface area (Å²) in [6, 6.07) is 1.77. The van der Waals surface area contributed by atoms with Crippen molar-refractivity contribution in [3.63, 3.8) is 0 Å². The molecule has 4 nitrogen and oxygen atoms in total. The molecule has 1 aromatic heterocycles. The number of nitrogens with one attached hydrogen (secondary N) is 1. The summed E-state index contributed by atoms with van der Waals surface area (Å²) in [7, 11) is 0. The van der Waals surface area contributed by atoms with Gasteiger partial charge < -0.3 is 10.1 Å². The molecule has 1 unspecified atom stereocenters. The van der Waals surface area contributed by atoms with E-state index in [-0.39, 0.29) is 17.1 Å². The Hall–Kier alpha value is -1.01. The molecule has 0 saturated carbocycles. The van der Waals surface area contributed by atoms with Crippen molar-refractivity contribution in [3.05, 3.63) is 16.5 Å². The van der Waals surface area contributed by atoms with Crippen LogP contribution in [-0.4, -0.2) is 29.5 Å². The molecule has 1 aliphatic rings. The quantitative estimate of drug-likeness (QED) is 0.865. The number of aryl methyl sites for hydroxylation is 1. The van der Waals surface area contributed by atoms with Gasteiger partial charge in [0.05, 0.1) is 17.4 Å². The molecule has 0 aliphatic carbocycles. The van der Waals surface area contributed by atoms with Gasteiger partial charge in [0, 0.05) is 4.88 Å². The molecule has 1 aliphatic heterocycles. The van der Waals surface area contributed by atoms with E-state index >= 15 is 0 Å². The molecule has 1 fully saturated rings. The van der Waals surface area contributed by atoms with E-state index < -0.39 is 0 Å². The first-order valence-corrected chi connectivity index (χ1v) is 8.68. The van der Waals surface area contributed by atoms with Gasteiger partial charge in [0.2, 0.25) is 5.91 Å². The Balaban J connectivity index is 2.08. The maximum absolute atomic E-state index is 12.2. The molecule has 6 heteroatoms. The fraction of sp³-hybridized carbons (Fsp3) is 0.571. The lowest BCUT2D eigenvalue weighted by Gasteiger charge is -2.20. The van der Waals surface area contributed by atoms with Crippen LogP contribution in [0.4, 0.5) is 5.00 Å². The molecule has 1 aromatic rings. The lowest BCUT2D eigenvalue weighted by Crippen LogP contribution is -2.27. The van der Waals surface area contributed by atoms with Gasteiger partial charge in [-0.05, 0) is 38.5 Å². The molecule has 0 spiro atoms. The average Bonchev–Trinajstić information content (AvgIpc) is 2.81. The highest BCUT2D eigenvalue weighted by Crippen LogP contribution is 2.31. The molecule has 0 radical (unpaired) electrons. The Morgan fingerprint density at radius 3 is 2.90 bits per heavy atom. The van der Waals surface area contributed by atoms with Gasteiger partial charge in [0.1, 0.15) is 5.00 Å². The van der Waals surface area contributed by atoms with Gasteiger partial charge in [-0.3, -0.25) is 4.79 Å². The summed E-state index contributed by atoms with van der Waals surface area (Å²) < 4.78 is 5.02. The number of thiophene rings is 1. The number of carbonyl (C=O) groups excluding carboxylic acids is 2. The summed E-state index contributed by atoms with van der Waals surface area (Å²) in [6.45, 7) is 4.02. The highest BCUT2D eigenvalue weighted by Gasteiger charge is 2.24. The van der Waals surface area contributed by atoms with Crippen LogP contribution in [-0.2, 0) is 9.53 Å². The van der Waals surface area contributed by atoms with Crippen molar-refractivity contribution >= 4 is 40.0 Å². The third-order valence-electron chi connectivity index (χ3n) is 3.06. The first-order chi connectivity index (χ1) is 9.61. The van der Waals surface area contributed by atoms with Crippen molar-refractivity contribution < 1.29 is 14.3 Å². The molecule has 1 amide bonds. The Bertz CT molecular complexity index is 493. The van der Waals surface area contributed by atoms with E-state index in [0.717, 1.165) is 23.5 Å². The minimum absolute atomic E-state index is 0.00111. The topological polar surface area (TPSA) is 55.4 Å². The van der Waals surface area contributed by atoms with Gasteiger partial charge in [-0.25, -0.2) is 4.79 Å². The van der Waals surface area contributed by atoms with E-state index in [2.05, 4.69) is 5.32 Å². The minimum Gasteiger partial charge on any atom is -0.462 e. The molecule has 110 valence electrons. The molecule has 1 saturated heterocycles. The number of amides is 1. The van der Waals surface area contributed by atoms with Crippen LogP contribution in [0.3, 0.4) is 0 Å². The standard InChI is InChI=1S/C14H19NO3S2/c1-3-18-14(17)10-8-9(2)20-13(10)15-12(16)11-6-4-5-7-19-11/h8,11H,3-7H2,1-2H3,(H,15,16). The third kappa shape index (κ3) is 3.76. The molecule has 0 bridgehead atoms. The highest BCUT2D eigenvalue weighted by molar-refractivity contribution is 8.00. The number of thioether (sulfide) groups is 1. The second-order valence-electron chi connectivity index (χ2n) is 4.66. The Labute approximate surface area is 127 Å². The Kier molecular flexibility index (Phi) is 5.48. The maximum atomic E-state index is 12.2. The molecule has 2 rings (SSSR count). The van der Waals surface area contributed by atoms with E-state index in [9.17, 15) is 9.59 Å². The van der Waals surface area contributed by atoms with Crippen LogP contribution < -0.4 is 5.32 Å². The fourth-order valence-corrected chi connectivity index (χ4v) is 4.21. The van der Waals surface area contributed by atoms with Crippen LogP contribution >= 0.6 is 23.1 Å². The molecule has 20 heavy (non-hydrogen) atoms. The third-order valence-corrected chi connectivity index (χ3v) is 5.40. The highest BCUT2D eigenvalue weighted by atomic mass is 32.2. The lowest BCUT2D eigenvalue weighted by molar-refractivity contribution is -0.115. The van der Waals surface area contributed by atoms with Gasteiger partial charge in [-0.2, -0.15) is 0 Å². The first kappa shape index (κ1) is 15.4. The van der Waals surface area contributed by atoms with Crippen molar-refractivity contribution in [2.45, 2.75) is 38.4 Å². The van der Waals surface area contributed by atoms with Crippen molar-refractivity contribution in [2.75, 3.05) is 17.7 Å². The van der Waals surface area contributed by atoms with E-state index in [0.29, 0.717) is 17.2 Å². The van der Waals surface area contributed by atoms with Gasteiger partial charge in [0.15, 0.2) is 0 Å². The van der Waals surface area contributed by atoms with Crippen LogP contribution in [0, 0.1) is 6.92 Å². The van der Waals surface area contributed by atoms with Crippen molar-refractivity contribution in [1.29, 1.82) is 0 Å². The molecule has 0 aromatic carbocycles. The van der Waals surface area contributed by atoms with Crippen LogP contribution in [0.2, 0.25) is 0 Å². The summed E-state index contributed by atoms with van der Waals surface area (Å²) in [5, 5.41) is 3.51. The molecule has 1 atom stereocenters. The zero-order valence-electron chi connectivity index (χ0n) is 11.7. The second-order valence-corrected chi connectivity index (χ2v) is 7.23. The summed E-state index contributed by atoms with van der Waals surface area (Å²) >= 11 is 3.12. The van der Waals surface area contributed by atoms with Crippen molar-refractivity contribution in [1.82, 2.24) is 0 Å². The average molecular weight is 313 g/mol. The summed E-state index contributed by atoms with van der Waals surface area (Å²) in [5.41, 5.74) is 0.462. The number of hydrogen-bond donors (Lipinski definition) is 1. The van der Waals surface area contributed by atoms with Crippen LogP contribution in [0.15, 0.2) is 6.07 Å². The van der Waals surface area contributed by atoms with E-state index in [1.54, 1.807) is 24.8 Å². The van der Waals surface area contributed by atoms with Gasteiger partial charge in [-0.1, -0.05) is 6.42 Å². The number of ether oxygens (including phenoxy) is 1. The van der Waals surface area contributed by atoms with Gasteiger partial charge in [0.25, 0.3) is 0 Å². The Morgan fingerprint density at radius 2 is 2.25 bits per heavy atom. The molecular weight excluding hydrogens is 294 g/mol. The summed E-state index contributed by atoms with van der Waals surface area (Å²) in [4.78, 5) is 25.1. The molecular formula is C14H19NO3S2. The van der Waals surface area contributed by atoms with Crippen molar-refractivity contribution in [2.24, 2.45) is 0 Å². The predicted molar refractivity (Wildman–Crippen MR) is 83.7 cm³/mol. The second kappa shape index (κ2) is 7.13. The zero-order chi connectivity index (χ0) is 14.5. The zero-order valence-corrected chi connectivity index (χ0v) is 13.4. The summed E-state index contributed by atoms with van der Waals surface area (Å²) in [6.07, 6.45) is 3.19. The maximum Gasteiger partial charge on any atom is 0.341 e. The smallest absolute Gasteiger partial charge is 0.341 e. The van der Waals surface area contributed by atoms with Crippen LogP contribution in [0.5, 0.6) is 0 Å². The SMILES string of the molecule is CCOC(=O)c1cc(C)sc1NC(=O)C1CCCCS1. The first-order valence-electron chi connectivity index (χ1n) is 6.82. The lowest BCUT2D eigenvalue weighted by atomic mass is 10.2. The number of esters is 1. The van der Waals surface area contributed by atoms with Crippen LogP contribution in [0.1, 0.15) is 41.4 Å². The number of anilines is 1. The normalized spacial score (nSPS) is 18.6. The number of rotatable bonds is 4. The molecule has 1 N–H and O–H groups in total. The van der Waals surface area contributed by atoms with E-state index in [1.807, 2.05) is 6.92 Å². The Morgan fingerprint density at radius 1 is 1.45 bits per heavy atom. The molecule has 2 heterocycles. The predicted octanol–water partition coefficient (Wildman–Crippen LogP) is 3.46. The largest absolute Gasteiger partial charge is 0.462 e.